The molecule has 2 aromatic carbocycles. The first-order valence-corrected chi connectivity index (χ1v) is 12.8. The highest BCUT2D eigenvalue weighted by molar-refractivity contribution is 7.09. The first-order chi connectivity index (χ1) is 18.3. The first kappa shape index (κ1) is 27.0. The minimum atomic E-state index is -1.24. The number of hydrogen-bond acceptors (Lipinski definition) is 8. The number of nitrogens with one attached hydrogen (secondary N) is 1. The number of benzene rings is 2. The molecule has 2 atom stereocenters. The summed E-state index contributed by atoms with van der Waals surface area (Å²) in [6.07, 6.45) is 1.55. The van der Waals surface area contributed by atoms with Gasteiger partial charge in [0.15, 0.2) is 5.69 Å². The number of nitrogens with zero attached hydrogens (tertiary/aromatic N) is 2. The lowest BCUT2D eigenvalue weighted by Crippen LogP contribution is -2.45. The van der Waals surface area contributed by atoms with Crippen LogP contribution >= 0.6 is 11.5 Å². The van der Waals surface area contributed by atoms with E-state index >= 15 is 0 Å². The van der Waals surface area contributed by atoms with Crippen LogP contribution in [0.4, 0.5) is 15.8 Å². The van der Waals surface area contributed by atoms with Crippen LogP contribution in [0.5, 0.6) is 5.75 Å². The lowest BCUT2D eigenvalue weighted by atomic mass is 10.0. The van der Waals surface area contributed by atoms with E-state index in [9.17, 15) is 18.8 Å². The number of nitrogens with two attached hydrogens (primary N) is 2. The molecule has 3 aromatic rings. The summed E-state index contributed by atoms with van der Waals surface area (Å²) in [5, 5.41) is 2.87. The number of halogens is 1. The van der Waals surface area contributed by atoms with E-state index in [0.29, 0.717) is 36.1 Å². The third-order valence-corrected chi connectivity index (χ3v) is 6.85. The quantitative estimate of drug-likeness (QED) is 0.357. The molecule has 1 aliphatic heterocycles. The molecular formula is C26H28FN5O5S. The molecule has 0 saturated carbocycles. The Labute approximate surface area is 222 Å². The highest BCUT2D eigenvalue weighted by Gasteiger charge is 2.36. The van der Waals surface area contributed by atoms with Crippen molar-refractivity contribution in [2.75, 3.05) is 30.4 Å². The number of primary amides is 1. The van der Waals surface area contributed by atoms with Crippen LogP contribution in [0.1, 0.15) is 51.5 Å². The van der Waals surface area contributed by atoms with Crippen molar-refractivity contribution < 1.29 is 28.2 Å². The molecule has 38 heavy (non-hydrogen) atoms. The van der Waals surface area contributed by atoms with Gasteiger partial charge in [-0.2, -0.15) is 4.37 Å². The summed E-state index contributed by atoms with van der Waals surface area (Å²) in [5.41, 5.74) is 11.5. The monoisotopic (exact) mass is 541 g/mol. The summed E-state index contributed by atoms with van der Waals surface area (Å²) < 4.78 is 29.4. The van der Waals surface area contributed by atoms with Crippen molar-refractivity contribution in [2.24, 2.45) is 5.73 Å². The number of rotatable bonds is 10. The van der Waals surface area contributed by atoms with Gasteiger partial charge in [-0.25, -0.2) is 4.39 Å². The standard InChI is InChI=1S/C26H28FN5O5S/c1-2-36-18-10-8-15(9-11-18)22(25(34)30-14-19-7-4-12-37-19)32(17-6-3-5-16(27)13-17)26(35)23-20(28)21(24(29)33)31-38-23/h3,5-6,8-11,13,19,22H,2,4,7,12,14,28H2,1H3,(H2,29,33)(H,30,34)/t19-,22+/m0/s1. The summed E-state index contributed by atoms with van der Waals surface area (Å²) in [5.74, 6) is -2.19. The van der Waals surface area contributed by atoms with Crippen LogP contribution in [0.15, 0.2) is 48.5 Å². The molecule has 12 heteroatoms. The third kappa shape index (κ3) is 5.92. The van der Waals surface area contributed by atoms with Crippen LogP contribution in [0.2, 0.25) is 0 Å². The zero-order valence-electron chi connectivity index (χ0n) is 20.7. The van der Waals surface area contributed by atoms with Gasteiger partial charge in [-0.3, -0.25) is 19.3 Å². The number of amides is 3. The molecule has 1 aromatic heterocycles. The second-order valence-electron chi connectivity index (χ2n) is 8.58. The van der Waals surface area contributed by atoms with Gasteiger partial charge in [-0.15, -0.1) is 0 Å². The number of carbonyl (C=O) groups excluding carboxylic acids is 3. The van der Waals surface area contributed by atoms with Gasteiger partial charge in [0.25, 0.3) is 11.8 Å². The van der Waals surface area contributed by atoms with Crippen molar-refractivity contribution in [3.63, 3.8) is 0 Å². The van der Waals surface area contributed by atoms with Gasteiger partial charge in [-0.1, -0.05) is 18.2 Å². The Balaban J connectivity index is 1.80. The zero-order valence-corrected chi connectivity index (χ0v) is 21.5. The molecule has 10 nitrogen and oxygen atoms in total. The van der Waals surface area contributed by atoms with Crippen LogP contribution in [0.25, 0.3) is 0 Å². The first-order valence-electron chi connectivity index (χ1n) is 12.1. The topological polar surface area (TPSA) is 150 Å². The van der Waals surface area contributed by atoms with Crippen LogP contribution < -0.4 is 26.4 Å². The summed E-state index contributed by atoms with van der Waals surface area (Å²) in [6.45, 7) is 3.15. The predicted octanol–water partition coefficient (Wildman–Crippen LogP) is 3.05. The van der Waals surface area contributed by atoms with Gasteiger partial charge < -0.3 is 26.3 Å². The van der Waals surface area contributed by atoms with Gasteiger partial charge >= 0.3 is 0 Å². The number of hydrogen-bond donors (Lipinski definition) is 3. The molecular weight excluding hydrogens is 513 g/mol. The SMILES string of the molecule is CCOc1ccc([C@H](C(=O)NC[C@@H]2CCCO2)N(C(=O)c2snc(C(N)=O)c2N)c2cccc(F)c2)cc1. The maximum Gasteiger partial charge on any atom is 0.273 e. The van der Waals surface area contributed by atoms with E-state index in [1.807, 2.05) is 6.92 Å². The van der Waals surface area contributed by atoms with Crippen molar-refractivity contribution in [1.82, 2.24) is 9.69 Å². The van der Waals surface area contributed by atoms with Crippen molar-refractivity contribution in [1.29, 1.82) is 0 Å². The van der Waals surface area contributed by atoms with Gasteiger partial charge in [0.1, 0.15) is 22.5 Å². The summed E-state index contributed by atoms with van der Waals surface area (Å²) in [4.78, 5) is 40.5. The lowest BCUT2D eigenvalue weighted by Gasteiger charge is -2.31. The van der Waals surface area contributed by atoms with Gasteiger partial charge in [0, 0.05) is 18.8 Å². The van der Waals surface area contributed by atoms with E-state index < -0.39 is 29.6 Å². The Bertz CT molecular complexity index is 1310. The molecule has 5 N–H and O–H groups in total. The Morgan fingerprint density at radius 1 is 1.26 bits per heavy atom. The maximum absolute atomic E-state index is 14.4. The fourth-order valence-electron chi connectivity index (χ4n) is 4.20. The minimum Gasteiger partial charge on any atom is -0.494 e. The molecule has 1 aliphatic rings. The minimum absolute atomic E-state index is 0.106. The van der Waals surface area contributed by atoms with Crippen molar-refractivity contribution in [3.8, 4) is 5.75 Å². The molecule has 3 amide bonds. The molecule has 0 aliphatic carbocycles. The van der Waals surface area contributed by atoms with E-state index in [0.717, 1.165) is 23.8 Å². The smallest absolute Gasteiger partial charge is 0.273 e. The highest BCUT2D eigenvalue weighted by atomic mass is 32.1. The van der Waals surface area contributed by atoms with Crippen LogP contribution in [-0.4, -0.2) is 48.0 Å². The molecule has 0 unspecified atom stereocenters. The molecule has 200 valence electrons. The number of carbonyl (C=O) groups is 3. The van der Waals surface area contributed by atoms with E-state index in [1.165, 1.54) is 18.2 Å². The molecule has 1 fully saturated rings. The molecule has 1 saturated heterocycles. The fraction of sp³-hybridized carbons (Fsp3) is 0.308. The van der Waals surface area contributed by atoms with E-state index in [2.05, 4.69) is 9.69 Å². The van der Waals surface area contributed by atoms with Crippen LogP contribution in [0, 0.1) is 5.82 Å². The third-order valence-electron chi connectivity index (χ3n) is 6.00. The average Bonchev–Trinajstić information content (AvgIpc) is 3.56. The molecule has 4 rings (SSSR count). The molecule has 0 spiro atoms. The van der Waals surface area contributed by atoms with E-state index in [4.69, 9.17) is 20.9 Å². The lowest BCUT2D eigenvalue weighted by molar-refractivity contribution is -0.123. The maximum atomic E-state index is 14.4. The number of aromatic nitrogens is 1. The van der Waals surface area contributed by atoms with Crippen LogP contribution in [0.3, 0.4) is 0 Å². The molecule has 0 radical (unpaired) electrons. The highest BCUT2D eigenvalue weighted by Crippen LogP contribution is 2.34. The second-order valence-corrected chi connectivity index (χ2v) is 9.35. The number of nitrogen functional groups attached to an aromatic ring is 1. The number of anilines is 2. The second kappa shape index (κ2) is 12.0. The molecule has 2 heterocycles. The van der Waals surface area contributed by atoms with E-state index in [1.54, 1.807) is 24.3 Å². The normalized spacial score (nSPS) is 15.6. The Morgan fingerprint density at radius 3 is 2.63 bits per heavy atom. The van der Waals surface area contributed by atoms with E-state index in [-0.39, 0.29) is 34.6 Å². The van der Waals surface area contributed by atoms with Crippen LogP contribution in [-0.2, 0) is 9.53 Å². The van der Waals surface area contributed by atoms with Gasteiger partial charge in [-0.05, 0) is 67.2 Å². The largest absolute Gasteiger partial charge is 0.494 e. The fourth-order valence-corrected chi connectivity index (χ4v) is 4.94. The van der Waals surface area contributed by atoms with Crippen molar-refractivity contribution >= 4 is 40.6 Å². The Kier molecular flexibility index (Phi) is 8.54. The molecule has 0 bridgehead atoms. The average molecular weight is 542 g/mol. The summed E-state index contributed by atoms with van der Waals surface area (Å²) in [7, 11) is 0. The van der Waals surface area contributed by atoms with Gasteiger partial charge in [0.05, 0.1) is 18.4 Å². The predicted molar refractivity (Wildman–Crippen MR) is 141 cm³/mol. The van der Waals surface area contributed by atoms with Gasteiger partial charge in [0.2, 0.25) is 5.91 Å². The summed E-state index contributed by atoms with van der Waals surface area (Å²) >= 11 is 0.674. The zero-order chi connectivity index (χ0) is 27.2. The number of ether oxygens (including phenoxy) is 2. The summed E-state index contributed by atoms with van der Waals surface area (Å²) in [6, 6.07) is 10.7. The van der Waals surface area contributed by atoms with Crippen molar-refractivity contribution in [3.05, 3.63) is 70.5 Å². The Morgan fingerprint density at radius 2 is 2.03 bits per heavy atom. The Hall–Kier alpha value is -4.03. The van der Waals surface area contributed by atoms with Crippen molar-refractivity contribution in [2.45, 2.75) is 31.9 Å².